The monoisotopic (exact) mass is 353 g/mol. The van der Waals surface area contributed by atoms with Gasteiger partial charge in [-0.25, -0.2) is 0 Å². The molecule has 0 saturated heterocycles. The van der Waals surface area contributed by atoms with Crippen molar-refractivity contribution in [3.8, 4) is 0 Å². The molecule has 0 amide bonds. The third-order valence-electron chi connectivity index (χ3n) is 2.70. The van der Waals surface area contributed by atoms with Crippen LogP contribution in [0.25, 0.3) is 0 Å². The highest BCUT2D eigenvalue weighted by Crippen LogP contribution is 2.33. The minimum Gasteiger partial charge on any atom is -0.362 e. The molecule has 0 fully saturated rings. The first-order valence-electron chi connectivity index (χ1n) is 6.70. The van der Waals surface area contributed by atoms with Crippen LogP contribution in [-0.2, 0) is 10.7 Å². The van der Waals surface area contributed by atoms with Gasteiger partial charge in [0.25, 0.3) is 0 Å². The van der Waals surface area contributed by atoms with Gasteiger partial charge in [0.15, 0.2) is 0 Å². The number of halogens is 6. The molecular formula is C12H21F6N3S. The van der Waals surface area contributed by atoms with Crippen molar-refractivity contribution in [2.24, 2.45) is 0 Å². The highest BCUT2D eigenvalue weighted by molar-refractivity contribution is 7.87. The molecule has 0 radical (unpaired) electrons. The molecule has 0 atom stereocenters. The van der Waals surface area contributed by atoms with E-state index in [1.54, 1.807) is 0 Å². The Kier molecular flexibility index (Phi) is 8.87. The number of alkyl halides is 6. The molecule has 10 heteroatoms. The first kappa shape index (κ1) is 21.1. The number of hydrogen-bond acceptors (Lipinski definition) is 3. The van der Waals surface area contributed by atoms with E-state index in [2.05, 4.69) is 36.2 Å². The van der Waals surface area contributed by atoms with Gasteiger partial charge in [0, 0.05) is 26.0 Å². The summed E-state index contributed by atoms with van der Waals surface area (Å²) in [5, 5.41) is 0. The van der Waals surface area contributed by atoms with Crippen LogP contribution in [0, 0.1) is 4.78 Å². The lowest BCUT2D eigenvalue weighted by Crippen LogP contribution is -2.28. The molecule has 3 nitrogen and oxygen atoms in total. The number of nitrogens with zero attached hydrogens (tertiary/aromatic N) is 2. The van der Waals surface area contributed by atoms with Crippen LogP contribution < -0.4 is 0 Å². The Bertz CT molecular complexity index is 351. The Balaban J connectivity index is 0.000000409. The predicted octanol–water partition coefficient (Wildman–Crippen LogP) is 4.65. The van der Waals surface area contributed by atoms with Crippen LogP contribution in [0.2, 0.25) is 0 Å². The summed E-state index contributed by atoms with van der Waals surface area (Å²) in [5.41, 5.74) is -11.0. The van der Waals surface area contributed by atoms with Gasteiger partial charge in [0.2, 0.25) is 0 Å². The van der Waals surface area contributed by atoms with Gasteiger partial charge in [-0.2, -0.15) is 26.3 Å². The molecule has 0 bridgehead atoms. The van der Waals surface area contributed by atoms with E-state index in [0.29, 0.717) is 0 Å². The highest BCUT2D eigenvalue weighted by atomic mass is 32.2. The molecule has 0 aromatic rings. The molecule has 1 rings (SSSR count). The van der Waals surface area contributed by atoms with Crippen molar-refractivity contribution in [2.75, 3.05) is 20.3 Å². The first-order valence-corrected chi connectivity index (χ1v) is 7.92. The van der Waals surface area contributed by atoms with E-state index >= 15 is 0 Å². The van der Waals surface area contributed by atoms with Gasteiger partial charge >= 0.3 is 11.0 Å². The minimum absolute atomic E-state index is 1.08. The van der Waals surface area contributed by atoms with Crippen molar-refractivity contribution < 1.29 is 26.3 Å². The normalized spacial score (nSPS) is 15.3. The molecule has 22 heavy (non-hydrogen) atoms. The van der Waals surface area contributed by atoms with Crippen LogP contribution in [-0.4, -0.2) is 41.1 Å². The number of hydrogen-bond donors (Lipinski definition) is 1. The van der Waals surface area contributed by atoms with E-state index in [4.69, 9.17) is 4.78 Å². The van der Waals surface area contributed by atoms with Crippen LogP contribution in [0.1, 0.15) is 32.6 Å². The minimum atomic E-state index is -5.49. The predicted molar refractivity (Wildman–Crippen MR) is 74.8 cm³/mol. The summed E-state index contributed by atoms with van der Waals surface area (Å²) in [6.45, 7) is 4.55. The van der Waals surface area contributed by atoms with Crippen LogP contribution in [0.4, 0.5) is 26.3 Å². The van der Waals surface area contributed by atoms with Crippen molar-refractivity contribution >= 4 is 10.7 Å². The van der Waals surface area contributed by atoms with Gasteiger partial charge < -0.3 is 9.80 Å². The molecular weight excluding hydrogens is 332 g/mol. The Hall–Kier alpha value is -0.930. The summed E-state index contributed by atoms with van der Waals surface area (Å²) in [5.74, 6) is 0. The van der Waals surface area contributed by atoms with E-state index in [1.165, 1.54) is 32.2 Å². The third kappa shape index (κ3) is 9.16. The van der Waals surface area contributed by atoms with Crippen LogP contribution >= 0.6 is 0 Å². The second-order valence-corrected chi connectivity index (χ2v) is 6.31. The maximum absolute atomic E-state index is 11.0. The number of unbranched alkanes of at least 4 members (excludes halogenated alkanes) is 3. The van der Waals surface area contributed by atoms with Gasteiger partial charge in [0.05, 0.1) is 6.67 Å². The van der Waals surface area contributed by atoms with Gasteiger partial charge in [-0.1, -0.05) is 26.2 Å². The van der Waals surface area contributed by atoms with E-state index in [-0.39, 0.29) is 0 Å². The van der Waals surface area contributed by atoms with Crippen molar-refractivity contribution in [3.63, 3.8) is 0 Å². The van der Waals surface area contributed by atoms with Gasteiger partial charge in [-0.3, -0.25) is 4.78 Å². The average Bonchev–Trinajstić information content (AvgIpc) is 2.78. The Morgan fingerprint density at radius 3 is 1.86 bits per heavy atom. The number of nitrogens with one attached hydrogen (secondary N) is 1. The lowest BCUT2D eigenvalue weighted by atomic mass is 10.2. The molecule has 0 spiro atoms. The third-order valence-corrected chi connectivity index (χ3v) is 3.62. The molecule has 0 saturated carbocycles. The van der Waals surface area contributed by atoms with Crippen molar-refractivity contribution in [2.45, 2.75) is 43.6 Å². The maximum Gasteiger partial charge on any atom is 0.460 e. The van der Waals surface area contributed by atoms with Crippen molar-refractivity contribution in [1.29, 1.82) is 4.78 Å². The summed E-state index contributed by atoms with van der Waals surface area (Å²) in [6, 6.07) is 0. The van der Waals surface area contributed by atoms with Crippen LogP contribution in [0.5, 0.6) is 0 Å². The molecule has 1 aliphatic rings. The summed E-state index contributed by atoms with van der Waals surface area (Å²) in [4.78, 5) is 4.58. The molecule has 0 aromatic heterocycles. The SMILES string of the molecule is CCCCCCN1C=CN(C)C1.N=S(C(F)(F)F)C(F)(F)F. The Labute approximate surface area is 128 Å². The molecule has 132 valence electrons. The summed E-state index contributed by atoms with van der Waals surface area (Å²) >= 11 is 0. The largest absolute Gasteiger partial charge is 0.460 e. The van der Waals surface area contributed by atoms with E-state index in [9.17, 15) is 26.3 Å². The summed E-state index contributed by atoms with van der Waals surface area (Å²) in [7, 11) is -2.14. The lowest BCUT2D eigenvalue weighted by Gasteiger charge is -2.17. The maximum atomic E-state index is 11.0. The fraction of sp³-hybridized carbons (Fsp3) is 0.833. The molecule has 0 aromatic carbocycles. The fourth-order valence-electron chi connectivity index (χ4n) is 1.61. The summed E-state index contributed by atoms with van der Waals surface area (Å²) < 4.78 is 72.0. The van der Waals surface area contributed by atoms with Gasteiger partial charge in [0.1, 0.15) is 10.7 Å². The topological polar surface area (TPSA) is 30.3 Å². The summed E-state index contributed by atoms with van der Waals surface area (Å²) in [6.07, 6.45) is 9.76. The molecule has 1 aliphatic heterocycles. The van der Waals surface area contributed by atoms with Gasteiger partial charge in [-0.15, -0.1) is 0 Å². The zero-order chi connectivity index (χ0) is 17.4. The molecule has 0 aliphatic carbocycles. The molecule has 1 heterocycles. The fourth-order valence-corrected chi connectivity index (χ4v) is 1.87. The zero-order valence-corrected chi connectivity index (χ0v) is 13.3. The van der Waals surface area contributed by atoms with Crippen LogP contribution in [0.15, 0.2) is 12.4 Å². The van der Waals surface area contributed by atoms with Gasteiger partial charge in [-0.05, 0) is 6.42 Å². The molecule has 0 unspecified atom stereocenters. The van der Waals surface area contributed by atoms with Crippen molar-refractivity contribution in [1.82, 2.24) is 9.80 Å². The van der Waals surface area contributed by atoms with E-state index in [1.807, 2.05) is 0 Å². The number of rotatable bonds is 5. The van der Waals surface area contributed by atoms with E-state index < -0.39 is 21.7 Å². The second-order valence-electron chi connectivity index (χ2n) is 4.77. The molecule has 1 N–H and O–H groups in total. The zero-order valence-electron chi connectivity index (χ0n) is 12.5. The average molecular weight is 353 g/mol. The first-order chi connectivity index (χ1) is 9.98. The lowest BCUT2D eigenvalue weighted by molar-refractivity contribution is -0.0754. The Morgan fingerprint density at radius 1 is 1.00 bits per heavy atom. The van der Waals surface area contributed by atoms with Crippen molar-refractivity contribution in [3.05, 3.63) is 12.4 Å². The van der Waals surface area contributed by atoms with Crippen LogP contribution in [0.3, 0.4) is 0 Å². The standard InChI is InChI=1S/C10H20N2.C2HF6NS/c1-3-4-5-6-7-12-9-8-11(2)10-12;3-1(4,5)10(9)2(6,7)8/h8-9H,3-7,10H2,1-2H3;9H. The smallest absolute Gasteiger partial charge is 0.362 e. The highest BCUT2D eigenvalue weighted by Gasteiger charge is 2.50. The Morgan fingerprint density at radius 2 is 1.55 bits per heavy atom. The van der Waals surface area contributed by atoms with E-state index in [0.717, 1.165) is 6.67 Å². The quantitative estimate of drug-likeness (QED) is 0.576. The second kappa shape index (κ2) is 9.26.